The Balaban J connectivity index is 1.86. The normalized spacial score (nSPS) is 34.5. The Kier molecular flexibility index (Phi) is 4.29. The molecule has 108 valence electrons. The summed E-state index contributed by atoms with van der Waals surface area (Å²) in [6.45, 7) is 2.88. The standard InChI is InChI=1S/C13H22N2O4/c1-8-3-2-4-9(8)6-14-13(19)15-7-10(16)5-11(15)12(17)18/h8-11,16H,2-7H2,1H3,(H,14,19)(H,17,18)/t8?,9?,10-,11-/m1/s1. The topological polar surface area (TPSA) is 89.9 Å². The van der Waals surface area contributed by atoms with Crippen molar-refractivity contribution in [3.63, 3.8) is 0 Å². The number of carbonyl (C=O) groups is 2. The monoisotopic (exact) mass is 270 g/mol. The molecular formula is C13H22N2O4. The Morgan fingerprint density at radius 3 is 2.68 bits per heavy atom. The number of carboxylic acid groups (broad SMARTS) is 1. The Morgan fingerprint density at radius 1 is 1.37 bits per heavy atom. The maximum Gasteiger partial charge on any atom is 0.326 e. The third kappa shape index (κ3) is 3.18. The zero-order chi connectivity index (χ0) is 14.0. The number of nitrogens with zero attached hydrogens (tertiary/aromatic N) is 1. The number of amides is 2. The zero-order valence-electron chi connectivity index (χ0n) is 11.2. The van der Waals surface area contributed by atoms with Crippen LogP contribution in [-0.4, -0.2) is 52.3 Å². The number of β-amino-alcohol motifs (C(OH)–C–C–N with tert-alkyl or cyclic N) is 1. The molecule has 2 rings (SSSR count). The SMILES string of the molecule is CC1CCCC1CNC(=O)N1C[C@H](O)C[C@@H]1C(=O)O. The van der Waals surface area contributed by atoms with Gasteiger partial charge in [0.05, 0.1) is 6.10 Å². The minimum atomic E-state index is -1.05. The summed E-state index contributed by atoms with van der Waals surface area (Å²) in [7, 11) is 0. The lowest BCUT2D eigenvalue weighted by molar-refractivity contribution is -0.141. The Morgan fingerprint density at radius 2 is 2.11 bits per heavy atom. The van der Waals surface area contributed by atoms with Crippen LogP contribution in [0.3, 0.4) is 0 Å². The molecule has 0 bridgehead atoms. The van der Waals surface area contributed by atoms with Gasteiger partial charge in [-0.1, -0.05) is 19.8 Å². The van der Waals surface area contributed by atoms with Crippen LogP contribution in [0.2, 0.25) is 0 Å². The second-order valence-corrected chi connectivity index (χ2v) is 5.75. The number of hydrogen-bond acceptors (Lipinski definition) is 3. The molecule has 0 aromatic carbocycles. The fraction of sp³-hybridized carbons (Fsp3) is 0.846. The third-order valence-corrected chi connectivity index (χ3v) is 4.38. The summed E-state index contributed by atoms with van der Waals surface area (Å²) < 4.78 is 0. The van der Waals surface area contributed by atoms with Crippen LogP contribution in [-0.2, 0) is 4.79 Å². The molecule has 1 saturated carbocycles. The average Bonchev–Trinajstić information content (AvgIpc) is 2.92. The number of carboxylic acids is 1. The number of urea groups is 1. The van der Waals surface area contributed by atoms with Crippen LogP contribution in [0.15, 0.2) is 0 Å². The molecule has 2 fully saturated rings. The number of aliphatic hydroxyl groups is 1. The van der Waals surface area contributed by atoms with Crippen molar-refractivity contribution in [3.8, 4) is 0 Å². The van der Waals surface area contributed by atoms with Gasteiger partial charge in [0.2, 0.25) is 0 Å². The van der Waals surface area contributed by atoms with Gasteiger partial charge in [0.25, 0.3) is 0 Å². The summed E-state index contributed by atoms with van der Waals surface area (Å²) in [5.41, 5.74) is 0. The summed E-state index contributed by atoms with van der Waals surface area (Å²) in [5, 5.41) is 21.4. The van der Waals surface area contributed by atoms with Gasteiger partial charge in [0.1, 0.15) is 6.04 Å². The fourth-order valence-corrected chi connectivity index (χ4v) is 3.12. The van der Waals surface area contributed by atoms with E-state index in [1.807, 2.05) is 0 Å². The van der Waals surface area contributed by atoms with E-state index in [-0.39, 0.29) is 19.0 Å². The first-order valence-electron chi connectivity index (χ1n) is 6.94. The molecule has 0 aromatic heterocycles. The van der Waals surface area contributed by atoms with Crippen LogP contribution in [0.25, 0.3) is 0 Å². The van der Waals surface area contributed by atoms with Gasteiger partial charge in [-0.3, -0.25) is 0 Å². The number of carbonyl (C=O) groups excluding carboxylic acids is 1. The molecule has 1 saturated heterocycles. The molecule has 1 aliphatic heterocycles. The quantitative estimate of drug-likeness (QED) is 0.702. The van der Waals surface area contributed by atoms with Gasteiger partial charge >= 0.3 is 12.0 Å². The highest BCUT2D eigenvalue weighted by molar-refractivity contribution is 5.83. The summed E-state index contributed by atoms with van der Waals surface area (Å²) in [5.74, 6) is 0.0421. The van der Waals surface area contributed by atoms with E-state index in [1.165, 1.54) is 17.7 Å². The fourth-order valence-electron chi connectivity index (χ4n) is 3.12. The lowest BCUT2D eigenvalue weighted by Gasteiger charge is -2.23. The van der Waals surface area contributed by atoms with E-state index in [4.69, 9.17) is 5.11 Å². The molecule has 1 aliphatic carbocycles. The molecule has 0 aromatic rings. The van der Waals surface area contributed by atoms with Gasteiger partial charge < -0.3 is 20.4 Å². The van der Waals surface area contributed by atoms with Crippen molar-refractivity contribution in [2.45, 2.75) is 44.8 Å². The van der Waals surface area contributed by atoms with Crippen molar-refractivity contribution in [2.75, 3.05) is 13.1 Å². The maximum absolute atomic E-state index is 12.0. The second-order valence-electron chi connectivity index (χ2n) is 5.75. The number of aliphatic hydroxyl groups excluding tert-OH is 1. The van der Waals surface area contributed by atoms with Crippen LogP contribution in [0.1, 0.15) is 32.6 Å². The van der Waals surface area contributed by atoms with Crippen LogP contribution in [0, 0.1) is 11.8 Å². The Hall–Kier alpha value is -1.30. The summed E-state index contributed by atoms with van der Waals surface area (Å²) in [6, 6.07) is -1.28. The highest BCUT2D eigenvalue weighted by Crippen LogP contribution is 2.30. The third-order valence-electron chi connectivity index (χ3n) is 4.38. The average molecular weight is 270 g/mol. The summed E-state index contributed by atoms with van der Waals surface area (Å²) in [4.78, 5) is 24.3. The lowest BCUT2D eigenvalue weighted by Crippen LogP contribution is -2.47. The smallest absolute Gasteiger partial charge is 0.326 e. The molecule has 0 radical (unpaired) electrons. The van der Waals surface area contributed by atoms with E-state index >= 15 is 0 Å². The van der Waals surface area contributed by atoms with E-state index in [0.29, 0.717) is 18.4 Å². The Labute approximate surface area is 112 Å². The molecule has 1 heterocycles. The van der Waals surface area contributed by atoms with Crippen LogP contribution < -0.4 is 5.32 Å². The second kappa shape index (κ2) is 5.77. The number of nitrogens with one attached hydrogen (secondary N) is 1. The molecule has 3 N–H and O–H groups in total. The highest BCUT2D eigenvalue weighted by atomic mass is 16.4. The van der Waals surface area contributed by atoms with Gasteiger partial charge in [-0.05, 0) is 18.3 Å². The minimum Gasteiger partial charge on any atom is -0.480 e. The number of likely N-dealkylation sites (tertiary alicyclic amines) is 1. The first-order valence-corrected chi connectivity index (χ1v) is 6.94. The number of aliphatic carboxylic acids is 1. The first kappa shape index (κ1) is 14.1. The minimum absolute atomic E-state index is 0.100. The molecule has 19 heavy (non-hydrogen) atoms. The van der Waals surface area contributed by atoms with E-state index in [1.54, 1.807) is 0 Å². The van der Waals surface area contributed by atoms with E-state index < -0.39 is 18.1 Å². The first-order chi connectivity index (χ1) is 8.99. The highest BCUT2D eigenvalue weighted by Gasteiger charge is 2.39. The molecular weight excluding hydrogens is 248 g/mol. The van der Waals surface area contributed by atoms with Crippen molar-refractivity contribution in [1.29, 1.82) is 0 Å². The maximum atomic E-state index is 12.0. The molecule has 0 spiro atoms. The van der Waals surface area contributed by atoms with E-state index in [0.717, 1.165) is 6.42 Å². The summed E-state index contributed by atoms with van der Waals surface area (Å²) >= 11 is 0. The van der Waals surface area contributed by atoms with E-state index in [9.17, 15) is 14.7 Å². The predicted octanol–water partition coefficient (Wildman–Crippen LogP) is 0.652. The van der Waals surface area contributed by atoms with Crippen molar-refractivity contribution >= 4 is 12.0 Å². The van der Waals surface area contributed by atoms with Gasteiger partial charge in [-0.2, -0.15) is 0 Å². The van der Waals surface area contributed by atoms with Gasteiger partial charge in [0.15, 0.2) is 0 Å². The number of rotatable bonds is 3. The molecule has 6 heteroatoms. The summed E-state index contributed by atoms with van der Waals surface area (Å²) in [6.07, 6.45) is 2.88. The number of hydrogen-bond donors (Lipinski definition) is 3. The van der Waals surface area contributed by atoms with Crippen molar-refractivity contribution in [3.05, 3.63) is 0 Å². The zero-order valence-corrected chi connectivity index (χ0v) is 11.2. The molecule has 2 amide bonds. The van der Waals surface area contributed by atoms with Crippen molar-refractivity contribution < 1.29 is 19.8 Å². The predicted molar refractivity (Wildman–Crippen MR) is 68.7 cm³/mol. The van der Waals surface area contributed by atoms with Crippen LogP contribution >= 0.6 is 0 Å². The van der Waals surface area contributed by atoms with E-state index in [2.05, 4.69) is 12.2 Å². The lowest BCUT2D eigenvalue weighted by atomic mass is 9.98. The van der Waals surface area contributed by atoms with Crippen molar-refractivity contribution in [2.24, 2.45) is 11.8 Å². The molecule has 4 atom stereocenters. The Bertz CT molecular complexity index is 361. The van der Waals surface area contributed by atoms with Crippen LogP contribution in [0.5, 0.6) is 0 Å². The van der Waals surface area contributed by atoms with Gasteiger partial charge in [-0.15, -0.1) is 0 Å². The van der Waals surface area contributed by atoms with Crippen molar-refractivity contribution in [1.82, 2.24) is 10.2 Å². The largest absolute Gasteiger partial charge is 0.480 e. The molecule has 2 aliphatic rings. The van der Waals surface area contributed by atoms with Gasteiger partial charge in [-0.25, -0.2) is 9.59 Å². The van der Waals surface area contributed by atoms with Gasteiger partial charge in [0, 0.05) is 19.5 Å². The molecule has 2 unspecified atom stereocenters. The molecule has 6 nitrogen and oxygen atoms in total. The van der Waals surface area contributed by atoms with Crippen LogP contribution in [0.4, 0.5) is 4.79 Å².